The molecular formula is C14H30N2O. The molecule has 0 saturated heterocycles. The molecule has 0 spiro atoms. The van der Waals surface area contributed by atoms with Gasteiger partial charge in [0.2, 0.25) is 0 Å². The number of aliphatic hydroxyl groups excluding tert-OH is 1. The van der Waals surface area contributed by atoms with Gasteiger partial charge in [0.05, 0.1) is 6.61 Å². The Bertz CT molecular complexity index is 200. The van der Waals surface area contributed by atoms with E-state index in [9.17, 15) is 0 Å². The third kappa shape index (κ3) is 5.36. The molecule has 0 amide bonds. The smallest absolute Gasteiger partial charge is 0.0608 e. The molecule has 0 bridgehead atoms. The Labute approximate surface area is 106 Å². The highest BCUT2D eigenvalue weighted by atomic mass is 16.3. The number of nitrogens with zero attached hydrogens (tertiary/aromatic N) is 1. The molecule has 0 aliphatic heterocycles. The fraction of sp³-hybridized carbons (Fsp3) is 1.00. The van der Waals surface area contributed by atoms with Gasteiger partial charge in [-0.1, -0.05) is 26.2 Å². The first kappa shape index (κ1) is 14.9. The summed E-state index contributed by atoms with van der Waals surface area (Å²) in [6.45, 7) is 6.55. The van der Waals surface area contributed by atoms with Crippen LogP contribution >= 0.6 is 0 Å². The maximum Gasteiger partial charge on any atom is 0.0608 e. The highest BCUT2D eigenvalue weighted by molar-refractivity contribution is 4.79. The van der Waals surface area contributed by atoms with Crippen LogP contribution in [0.4, 0.5) is 0 Å². The Morgan fingerprint density at radius 2 is 1.94 bits per heavy atom. The van der Waals surface area contributed by atoms with Crippen LogP contribution in [0.3, 0.4) is 0 Å². The molecule has 1 aliphatic carbocycles. The molecule has 0 heterocycles. The molecule has 0 aromatic rings. The van der Waals surface area contributed by atoms with Crippen molar-refractivity contribution in [3.8, 4) is 0 Å². The van der Waals surface area contributed by atoms with Crippen molar-refractivity contribution in [3.05, 3.63) is 0 Å². The largest absolute Gasteiger partial charge is 0.394 e. The fourth-order valence-corrected chi connectivity index (χ4v) is 2.81. The van der Waals surface area contributed by atoms with E-state index in [-0.39, 0.29) is 6.61 Å². The molecule has 1 rings (SSSR count). The van der Waals surface area contributed by atoms with Gasteiger partial charge in [0, 0.05) is 11.6 Å². The Kier molecular flexibility index (Phi) is 6.45. The van der Waals surface area contributed by atoms with Crippen LogP contribution in [-0.2, 0) is 0 Å². The topological polar surface area (TPSA) is 49.5 Å². The molecule has 1 atom stereocenters. The van der Waals surface area contributed by atoms with Crippen LogP contribution < -0.4 is 5.73 Å². The summed E-state index contributed by atoms with van der Waals surface area (Å²) < 4.78 is 0. The number of nitrogens with two attached hydrogens (primary N) is 1. The van der Waals surface area contributed by atoms with Crippen LogP contribution in [0.5, 0.6) is 0 Å². The van der Waals surface area contributed by atoms with Crippen LogP contribution in [0.15, 0.2) is 0 Å². The Balaban J connectivity index is 2.26. The summed E-state index contributed by atoms with van der Waals surface area (Å²) in [5.74, 6) is 0. The normalized spacial score (nSPS) is 21.7. The lowest BCUT2D eigenvalue weighted by Gasteiger charge is -2.34. The van der Waals surface area contributed by atoms with E-state index in [4.69, 9.17) is 10.8 Å². The number of hydrogen-bond acceptors (Lipinski definition) is 3. The first-order valence-electron chi connectivity index (χ1n) is 7.23. The maximum atomic E-state index is 9.13. The first-order valence-corrected chi connectivity index (χ1v) is 7.23. The van der Waals surface area contributed by atoms with Crippen molar-refractivity contribution >= 4 is 0 Å². The van der Waals surface area contributed by atoms with Crippen LogP contribution in [-0.4, -0.2) is 41.3 Å². The summed E-state index contributed by atoms with van der Waals surface area (Å²) in [5, 5.41) is 9.13. The fourth-order valence-electron chi connectivity index (χ4n) is 2.81. The van der Waals surface area contributed by atoms with Crippen LogP contribution in [0, 0.1) is 0 Å². The Hall–Kier alpha value is -0.120. The lowest BCUT2D eigenvalue weighted by molar-refractivity contribution is 0.148. The lowest BCUT2D eigenvalue weighted by atomic mass is 9.93. The van der Waals surface area contributed by atoms with Crippen LogP contribution in [0.2, 0.25) is 0 Å². The summed E-state index contributed by atoms with van der Waals surface area (Å²) in [4.78, 5) is 2.60. The molecule has 102 valence electrons. The summed E-state index contributed by atoms with van der Waals surface area (Å²) in [7, 11) is 0. The van der Waals surface area contributed by atoms with E-state index in [2.05, 4.69) is 11.8 Å². The van der Waals surface area contributed by atoms with Crippen molar-refractivity contribution < 1.29 is 5.11 Å². The lowest BCUT2D eigenvalue weighted by Crippen LogP contribution is -2.42. The van der Waals surface area contributed by atoms with Crippen molar-refractivity contribution in [2.75, 3.05) is 19.7 Å². The number of aliphatic hydroxyl groups is 1. The van der Waals surface area contributed by atoms with Gasteiger partial charge in [-0.25, -0.2) is 0 Å². The zero-order valence-corrected chi connectivity index (χ0v) is 11.6. The third-order valence-electron chi connectivity index (χ3n) is 4.05. The predicted octanol–water partition coefficient (Wildman–Crippen LogP) is 2.13. The van der Waals surface area contributed by atoms with Gasteiger partial charge in [-0.3, -0.25) is 0 Å². The summed E-state index contributed by atoms with van der Waals surface area (Å²) >= 11 is 0. The van der Waals surface area contributed by atoms with E-state index in [1.54, 1.807) is 0 Å². The van der Waals surface area contributed by atoms with Gasteiger partial charge in [0.25, 0.3) is 0 Å². The van der Waals surface area contributed by atoms with Gasteiger partial charge in [-0.15, -0.1) is 0 Å². The van der Waals surface area contributed by atoms with Crippen molar-refractivity contribution in [3.63, 3.8) is 0 Å². The molecule has 0 aromatic heterocycles. The molecule has 1 unspecified atom stereocenters. The summed E-state index contributed by atoms with van der Waals surface area (Å²) in [5.41, 5.74) is 5.56. The van der Waals surface area contributed by atoms with Gasteiger partial charge >= 0.3 is 0 Å². The van der Waals surface area contributed by atoms with E-state index in [0.29, 0.717) is 0 Å². The molecule has 3 nitrogen and oxygen atoms in total. The molecule has 0 aromatic carbocycles. The second-order valence-electron chi connectivity index (χ2n) is 5.84. The zero-order valence-electron chi connectivity index (χ0n) is 11.6. The van der Waals surface area contributed by atoms with E-state index in [1.165, 1.54) is 32.1 Å². The second-order valence-corrected chi connectivity index (χ2v) is 5.84. The van der Waals surface area contributed by atoms with E-state index < -0.39 is 5.54 Å². The molecule has 3 N–H and O–H groups in total. The highest BCUT2D eigenvalue weighted by Gasteiger charge is 2.21. The summed E-state index contributed by atoms with van der Waals surface area (Å²) in [6.07, 6.45) is 8.95. The highest BCUT2D eigenvalue weighted by Crippen LogP contribution is 2.23. The minimum atomic E-state index is -0.397. The Morgan fingerprint density at radius 1 is 1.29 bits per heavy atom. The summed E-state index contributed by atoms with van der Waals surface area (Å²) in [6, 6.07) is 0.798. The molecule has 17 heavy (non-hydrogen) atoms. The van der Waals surface area contributed by atoms with Gasteiger partial charge < -0.3 is 15.7 Å². The quantitative estimate of drug-likeness (QED) is 0.719. The van der Waals surface area contributed by atoms with Crippen LogP contribution in [0.25, 0.3) is 0 Å². The van der Waals surface area contributed by atoms with Gasteiger partial charge in [0.15, 0.2) is 0 Å². The molecular weight excluding hydrogens is 212 g/mol. The number of hydrogen-bond donors (Lipinski definition) is 2. The molecule has 1 saturated carbocycles. The van der Waals surface area contributed by atoms with Gasteiger partial charge in [-0.05, 0) is 45.7 Å². The van der Waals surface area contributed by atoms with Crippen molar-refractivity contribution in [2.24, 2.45) is 5.73 Å². The molecule has 1 fully saturated rings. The standard InChI is InChI=1S/C14H30N2O/c1-3-16(13-8-5-4-6-9-13)11-7-10-14(2,15)12-17/h13,17H,3-12,15H2,1-2H3. The zero-order chi connectivity index (χ0) is 12.7. The minimum Gasteiger partial charge on any atom is -0.394 e. The third-order valence-corrected chi connectivity index (χ3v) is 4.05. The minimum absolute atomic E-state index is 0.0859. The van der Waals surface area contributed by atoms with E-state index in [1.807, 2.05) is 6.92 Å². The van der Waals surface area contributed by atoms with Crippen LogP contribution in [0.1, 0.15) is 58.8 Å². The predicted molar refractivity (Wildman–Crippen MR) is 73.0 cm³/mol. The molecule has 1 aliphatic rings. The molecule has 0 radical (unpaired) electrons. The van der Waals surface area contributed by atoms with Crippen molar-refractivity contribution in [2.45, 2.75) is 70.4 Å². The molecule has 3 heteroatoms. The Morgan fingerprint density at radius 3 is 2.47 bits per heavy atom. The number of rotatable bonds is 7. The SMILES string of the molecule is CCN(CCCC(C)(N)CO)C1CCCCC1. The van der Waals surface area contributed by atoms with Crippen molar-refractivity contribution in [1.29, 1.82) is 0 Å². The first-order chi connectivity index (χ1) is 8.09. The van der Waals surface area contributed by atoms with E-state index >= 15 is 0 Å². The maximum absolute atomic E-state index is 9.13. The second kappa shape index (κ2) is 7.34. The van der Waals surface area contributed by atoms with Crippen molar-refractivity contribution in [1.82, 2.24) is 4.90 Å². The average Bonchev–Trinajstić information content (AvgIpc) is 2.36. The average molecular weight is 242 g/mol. The monoisotopic (exact) mass is 242 g/mol. The van der Waals surface area contributed by atoms with E-state index in [0.717, 1.165) is 32.0 Å². The van der Waals surface area contributed by atoms with Gasteiger partial charge in [0.1, 0.15) is 0 Å². The van der Waals surface area contributed by atoms with Gasteiger partial charge in [-0.2, -0.15) is 0 Å².